The van der Waals surface area contributed by atoms with Crippen LogP contribution in [0.1, 0.15) is 9.75 Å². The van der Waals surface area contributed by atoms with E-state index in [1.54, 1.807) is 17.5 Å². The fourth-order valence-electron chi connectivity index (χ4n) is 1.99. The van der Waals surface area contributed by atoms with E-state index in [1.807, 2.05) is 36.4 Å². The van der Waals surface area contributed by atoms with Gasteiger partial charge in [-0.3, -0.25) is 4.98 Å². The minimum atomic E-state index is 0.512. The molecule has 102 valence electrons. The Morgan fingerprint density at radius 2 is 2.00 bits per heavy atom. The van der Waals surface area contributed by atoms with Gasteiger partial charge in [0, 0.05) is 27.9 Å². The Morgan fingerprint density at radius 1 is 1.15 bits per heavy atom. The Morgan fingerprint density at radius 3 is 2.80 bits per heavy atom. The number of pyridine rings is 1. The number of fused-ring (bicyclic) bond motifs is 1. The summed E-state index contributed by atoms with van der Waals surface area (Å²) in [6.45, 7) is 1.08. The van der Waals surface area contributed by atoms with Crippen LogP contribution in [0.5, 0.6) is 5.75 Å². The molecule has 0 atom stereocenters. The number of aromatic nitrogens is 1. The van der Waals surface area contributed by atoms with Gasteiger partial charge in [-0.05, 0) is 36.4 Å². The van der Waals surface area contributed by atoms with Gasteiger partial charge in [-0.1, -0.05) is 11.6 Å². The zero-order valence-corrected chi connectivity index (χ0v) is 12.2. The Hall–Kier alpha value is -1.62. The van der Waals surface area contributed by atoms with E-state index in [0.29, 0.717) is 18.2 Å². The molecule has 0 amide bonds. The van der Waals surface area contributed by atoms with Crippen LogP contribution in [0.3, 0.4) is 0 Å². The molecule has 5 heteroatoms. The van der Waals surface area contributed by atoms with Crippen molar-refractivity contribution in [3.05, 3.63) is 57.4 Å². The minimum Gasteiger partial charge on any atom is -0.486 e. The highest BCUT2D eigenvalue weighted by atomic mass is 35.5. The Balaban J connectivity index is 1.86. The van der Waals surface area contributed by atoms with Crippen molar-refractivity contribution < 1.29 is 4.74 Å². The highest BCUT2D eigenvalue weighted by Crippen LogP contribution is 2.30. The van der Waals surface area contributed by atoms with Crippen LogP contribution < -0.4 is 10.5 Å². The van der Waals surface area contributed by atoms with Crippen molar-refractivity contribution in [2.24, 2.45) is 5.73 Å². The molecule has 0 saturated carbocycles. The number of hydrogen-bond donors (Lipinski definition) is 1. The van der Waals surface area contributed by atoms with E-state index in [-0.39, 0.29) is 0 Å². The first-order chi connectivity index (χ1) is 9.78. The number of thiophene rings is 1. The van der Waals surface area contributed by atoms with Gasteiger partial charge in [-0.15, -0.1) is 11.3 Å². The molecule has 20 heavy (non-hydrogen) atoms. The standard InChI is InChI=1S/C15H13ClN2OS/c16-13-5-6-14(15-12(13)2-1-7-18-15)19-9-11-4-3-10(8-17)20-11/h1-7H,8-9,17H2. The molecule has 0 aliphatic rings. The summed E-state index contributed by atoms with van der Waals surface area (Å²) in [6.07, 6.45) is 1.74. The van der Waals surface area contributed by atoms with Crippen LogP contribution >= 0.6 is 22.9 Å². The molecule has 2 aromatic heterocycles. The normalized spacial score (nSPS) is 10.9. The number of rotatable bonds is 4. The monoisotopic (exact) mass is 304 g/mol. The van der Waals surface area contributed by atoms with E-state index in [0.717, 1.165) is 26.4 Å². The zero-order chi connectivity index (χ0) is 13.9. The molecule has 0 saturated heterocycles. The first-order valence-electron chi connectivity index (χ1n) is 6.21. The maximum Gasteiger partial charge on any atom is 0.146 e. The fourth-order valence-corrected chi connectivity index (χ4v) is 3.01. The topological polar surface area (TPSA) is 48.1 Å². The summed E-state index contributed by atoms with van der Waals surface area (Å²) in [5.41, 5.74) is 6.39. The molecular weight excluding hydrogens is 292 g/mol. The van der Waals surface area contributed by atoms with Gasteiger partial charge < -0.3 is 10.5 Å². The predicted molar refractivity (Wildman–Crippen MR) is 83.3 cm³/mol. The number of nitrogens with zero attached hydrogens (tertiary/aromatic N) is 1. The third-order valence-corrected chi connectivity index (χ3v) is 4.38. The molecule has 1 aromatic carbocycles. The predicted octanol–water partition coefficient (Wildman–Crippen LogP) is 3.99. The molecule has 0 aliphatic carbocycles. The minimum absolute atomic E-state index is 0.512. The van der Waals surface area contributed by atoms with Crippen molar-refractivity contribution in [2.45, 2.75) is 13.2 Å². The van der Waals surface area contributed by atoms with Gasteiger partial charge in [0.1, 0.15) is 17.9 Å². The Labute approximate surface area is 126 Å². The lowest BCUT2D eigenvalue weighted by atomic mass is 10.2. The van der Waals surface area contributed by atoms with Crippen LogP contribution in [0.4, 0.5) is 0 Å². The molecule has 0 fully saturated rings. The van der Waals surface area contributed by atoms with Crippen molar-refractivity contribution in [1.29, 1.82) is 0 Å². The molecule has 3 aromatic rings. The average molecular weight is 305 g/mol. The van der Waals surface area contributed by atoms with E-state index in [9.17, 15) is 0 Å². The van der Waals surface area contributed by atoms with Crippen molar-refractivity contribution in [1.82, 2.24) is 4.98 Å². The van der Waals surface area contributed by atoms with Crippen molar-refractivity contribution in [3.8, 4) is 5.75 Å². The molecule has 0 aliphatic heterocycles. The van der Waals surface area contributed by atoms with Crippen LogP contribution in [-0.4, -0.2) is 4.98 Å². The molecule has 2 heterocycles. The van der Waals surface area contributed by atoms with Gasteiger partial charge in [0.15, 0.2) is 0 Å². The van der Waals surface area contributed by atoms with E-state index in [1.165, 1.54) is 0 Å². The van der Waals surface area contributed by atoms with Gasteiger partial charge in [-0.25, -0.2) is 0 Å². The maximum absolute atomic E-state index is 6.16. The maximum atomic E-state index is 6.16. The lowest BCUT2D eigenvalue weighted by molar-refractivity contribution is 0.313. The number of halogens is 1. The molecular formula is C15H13ClN2OS. The number of hydrogen-bond acceptors (Lipinski definition) is 4. The number of nitrogens with two attached hydrogens (primary N) is 1. The van der Waals surface area contributed by atoms with Crippen molar-refractivity contribution in [3.63, 3.8) is 0 Å². The zero-order valence-electron chi connectivity index (χ0n) is 10.7. The SMILES string of the molecule is NCc1ccc(COc2ccc(Cl)c3cccnc23)s1. The summed E-state index contributed by atoms with van der Waals surface area (Å²) in [4.78, 5) is 6.65. The summed E-state index contributed by atoms with van der Waals surface area (Å²) in [7, 11) is 0. The first kappa shape index (κ1) is 13.4. The molecule has 3 nitrogen and oxygen atoms in total. The van der Waals surface area contributed by atoms with E-state index >= 15 is 0 Å². The number of benzene rings is 1. The molecule has 0 radical (unpaired) electrons. The Bertz CT molecular complexity index is 742. The number of ether oxygens (including phenoxy) is 1. The molecule has 0 spiro atoms. The Kier molecular flexibility index (Phi) is 3.87. The van der Waals surface area contributed by atoms with Gasteiger partial charge in [0.25, 0.3) is 0 Å². The summed E-state index contributed by atoms with van der Waals surface area (Å²) >= 11 is 7.83. The van der Waals surface area contributed by atoms with E-state index in [4.69, 9.17) is 22.1 Å². The van der Waals surface area contributed by atoms with Crippen LogP contribution in [0.2, 0.25) is 5.02 Å². The highest BCUT2D eigenvalue weighted by Gasteiger charge is 2.07. The third-order valence-electron chi connectivity index (χ3n) is 2.97. The lowest BCUT2D eigenvalue weighted by Crippen LogP contribution is -1.95. The summed E-state index contributed by atoms with van der Waals surface area (Å²) < 4.78 is 5.87. The van der Waals surface area contributed by atoms with Gasteiger partial charge in [0.2, 0.25) is 0 Å². The third kappa shape index (κ3) is 2.63. The molecule has 2 N–H and O–H groups in total. The van der Waals surface area contributed by atoms with Gasteiger partial charge in [0.05, 0.1) is 5.02 Å². The largest absolute Gasteiger partial charge is 0.486 e. The van der Waals surface area contributed by atoms with Crippen molar-refractivity contribution >= 4 is 33.8 Å². The fraction of sp³-hybridized carbons (Fsp3) is 0.133. The highest BCUT2D eigenvalue weighted by molar-refractivity contribution is 7.11. The summed E-state index contributed by atoms with van der Waals surface area (Å²) in [6, 6.07) is 11.6. The molecule has 0 unspecified atom stereocenters. The van der Waals surface area contributed by atoms with E-state index in [2.05, 4.69) is 4.98 Å². The van der Waals surface area contributed by atoms with Crippen LogP contribution in [0, 0.1) is 0 Å². The molecule has 0 bridgehead atoms. The van der Waals surface area contributed by atoms with Gasteiger partial charge in [-0.2, -0.15) is 0 Å². The quantitative estimate of drug-likeness (QED) is 0.793. The lowest BCUT2D eigenvalue weighted by Gasteiger charge is -2.08. The summed E-state index contributed by atoms with van der Waals surface area (Å²) in [5, 5.41) is 1.59. The van der Waals surface area contributed by atoms with Gasteiger partial charge >= 0.3 is 0 Å². The van der Waals surface area contributed by atoms with Crippen LogP contribution in [-0.2, 0) is 13.2 Å². The van der Waals surface area contributed by atoms with E-state index < -0.39 is 0 Å². The second kappa shape index (κ2) is 5.79. The second-order valence-corrected chi connectivity index (χ2v) is 5.97. The first-order valence-corrected chi connectivity index (χ1v) is 7.41. The van der Waals surface area contributed by atoms with Crippen molar-refractivity contribution in [2.75, 3.05) is 0 Å². The second-order valence-electron chi connectivity index (χ2n) is 4.31. The smallest absolute Gasteiger partial charge is 0.146 e. The van der Waals surface area contributed by atoms with Crippen LogP contribution in [0.15, 0.2) is 42.6 Å². The summed E-state index contributed by atoms with van der Waals surface area (Å²) in [5.74, 6) is 0.743. The average Bonchev–Trinajstić information content (AvgIpc) is 2.95. The molecule has 3 rings (SSSR count). The van der Waals surface area contributed by atoms with Crippen LogP contribution in [0.25, 0.3) is 10.9 Å².